The van der Waals surface area contributed by atoms with Crippen molar-refractivity contribution in [3.63, 3.8) is 0 Å². The molecule has 0 nitrogen and oxygen atoms in total. The Hall–Kier alpha value is -1.28. The van der Waals surface area contributed by atoms with Crippen molar-refractivity contribution in [1.29, 1.82) is 0 Å². The molecule has 0 fully saturated rings. The van der Waals surface area contributed by atoms with Gasteiger partial charge in [0.1, 0.15) is 0 Å². The van der Waals surface area contributed by atoms with Crippen LogP contribution in [0.15, 0.2) is 60.0 Å². The Labute approximate surface area is 153 Å². The van der Waals surface area contributed by atoms with Gasteiger partial charge in [-0.2, -0.15) is 0 Å². The van der Waals surface area contributed by atoms with Crippen LogP contribution in [0, 0.1) is 27.7 Å². The van der Waals surface area contributed by atoms with Crippen molar-refractivity contribution in [2.45, 2.75) is 27.7 Å². The average Bonchev–Trinajstić information content (AvgIpc) is 2.99. The summed E-state index contributed by atoms with van der Waals surface area (Å²) < 4.78 is 0. The van der Waals surface area contributed by atoms with Crippen molar-refractivity contribution in [1.82, 2.24) is 0 Å². The Bertz CT molecular complexity index is 665. The number of hydrogen-bond acceptors (Lipinski definition) is 1. The van der Waals surface area contributed by atoms with E-state index in [1.165, 1.54) is 16.0 Å². The molecule has 0 aliphatic carbocycles. The number of aryl methyl sites for hydroxylation is 4. The molecule has 0 amide bonds. The molecule has 0 bridgehead atoms. The third-order valence-corrected chi connectivity index (χ3v) is 4.46. The van der Waals surface area contributed by atoms with Gasteiger partial charge in [-0.05, 0) is 56.8 Å². The molecule has 0 atom stereocenters. The molecule has 3 heteroatoms. The smallest absolute Gasteiger partial charge is 0.0449 e. The van der Waals surface area contributed by atoms with Gasteiger partial charge >= 0.3 is 0 Å². The van der Waals surface area contributed by atoms with Gasteiger partial charge in [0.25, 0.3) is 0 Å². The maximum atomic E-state index is 5.73. The van der Waals surface area contributed by atoms with Gasteiger partial charge in [0, 0.05) is 14.9 Å². The first-order chi connectivity index (χ1) is 10.9. The van der Waals surface area contributed by atoms with Crippen molar-refractivity contribution in [3.05, 3.63) is 91.6 Å². The van der Waals surface area contributed by atoms with E-state index in [1.807, 2.05) is 19.1 Å². The highest BCUT2D eigenvalue weighted by molar-refractivity contribution is 7.09. The Balaban J connectivity index is 0.000000176. The molecular formula is C20H22Cl2S. The molecule has 23 heavy (non-hydrogen) atoms. The van der Waals surface area contributed by atoms with Crippen LogP contribution >= 0.6 is 34.5 Å². The molecule has 2 aromatic carbocycles. The summed E-state index contributed by atoms with van der Waals surface area (Å²) in [7, 11) is 0. The standard InChI is InChI=1S/C8H10.C7H6Cl2.C5H6S/c1-7-3-5-8(2)6-4-7;1-5-2-3-6(8)4-7(5)9;1-5-3-2-4-6-5/h3-6H,1-2H3;2-4H,1H3;2-4H,1H3. The van der Waals surface area contributed by atoms with Gasteiger partial charge in [-0.25, -0.2) is 0 Å². The number of rotatable bonds is 0. The summed E-state index contributed by atoms with van der Waals surface area (Å²) in [6.07, 6.45) is 0. The second-order valence-corrected chi connectivity index (χ2v) is 7.27. The molecule has 0 saturated heterocycles. The van der Waals surface area contributed by atoms with Gasteiger partial charge in [0.05, 0.1) is 0 Å². The maximum absolute atomic E-state index is 5.73. The molecule has 122 valence electrons. The van der Waals surface area contributed by atoms with Crippen molar-refractivity contribution in [3.8, 4) is 0 Å². The van der Waals surface area contributed by atoms with E-state index in [4.69, 9.17) is 23.2 Å². The number of halogens is 2. The third kappa shape index (κ3) is 8.80. The van der Waals surface area contributed by atoms with Gasteiger partial charge in [0.15, 0.2) is 0 Å². The summed E-state index contributed by atoms with van der Waals surface area (Å²) in [5, 5.41) is 3.49. The molecule has 0 N–H and O–H groups in total. The van der Waals surface area contributed by atoms with E-state index in [0.717, 1.165) is 10.6 Å². The first-order valence-electron chi connectivity index (χ1n) is 7.33. The van der Waals surface area contributed by atoms with Gasteiger partial charge in [-0.3, -0.25) is 0 Å². The molecule has 1 aromatic heterocycles. The fourth-order valence-electron chi connectivity index (χ4n) is 1.56. The van der Waals surface area contributed by atoms with E-state index in [-0.39, 0.29) is 0 Å². The van der Waals surface area contributed by atoms with Crippen LogP contribution in [0.3, 0.4) is 0 Å². The molecule has 3 aromatic rings. The Morgan fingerprint density at radius 2 is 1.30 bits per heavy atom. The van der Waals surface area contributed by atoms with E-state index in [1.54, 1.807) is 17.4 Å². The Morgan fingerprint density at radius 1 is 0.739 bits per heavy atom. The largest absolute Gasteiger partial charge is 0.149 e. The predicted molar refractivity (Wildman–Crippen MR) is 106 cm³/mol. The lowest BCUT2D eigenvalue weighted by Crippen LogP contribution is -1.71. The van der Waals surface area contributed by atoms with Crippen molar-refractivity contribution in [2.24, 2.45) is 0 Å². The molecule has 0 unspecified atom stereocenters. The normalized spacial score (nSPS) is 9.30. The highest BCUT2D eigenvalue weighted by Crippen LogP contribution is 2.19. The lowest BCUT2D eigenvalue weighted by Gasteiger charge is -1.94. The Morgan fingerprint density at radius 3 is 1.61 bits per heavy atom. The van der Waals surface area contributed by atoms with E-state index in [9.17, 15) is 0 Å². The van der Waals surface area contributed by atoms with E-state index in [0.29, 0.717) is 5.02 Å². The zero-order chi connectivity index (χ0) is 17.2. The number of hydrogen-bond donors (Lipinski definition) is 0. The van der Waals surface area contributed by atoms with E-state index in [2.05, 4.69) is 62.5 Å². The van der Waals surface area contributed by atoms with Crippen LogP contribution in [0.2, 0.25) is 10.0 Å². The van der Waals surface area contributed by atoms with E-state index >= 15 is 0 Å². The summed E-state index contributed by atoms with van der Waals surface area (Å²) in [5.41, 5.74) is 3.72. The molecule has 1 heterocycles. The van der Waals surface area contributed by atoms with Crippen LogP contribution in [0.25, 0.3) is 0 Å². The van der Waals surface area contributed by atoms with Crippen LogP contribution in [0.4, 0.5) is 0 Å². The topological polar surface area (TPSA) is 0 Å². The number of benzene rings is 2. The average molecular weight is 365 g/mol. The second kappa shape index (κ2) is 10.5. The number of thiophene rings is 1. The quantitative estimate of drug-likeness (QED) is 0.383. The molecule has 0 spiro atoms. The highest BCUT2D eigenvalue weighted by atomic mass is 35.5. The molecule has 0 saturated carbocycles. The summed E-state index contributed by atoms with van der Waals surface area (Å²) in [5.74, 6) is 0. The van der Waals surface area contributed by atoms with Crippen LogP contribution < -0.4 is 0 Å². The van der Waals surface area contributed by atoms with Gasteiger partial charge in [0.2, 0.25) is 0 Å². The fourth-order valence-corrected chi connectivity index (χ4v) is 2.50. The van der Waals surface area contributed by atoms with Gasteiger partial charge in [-0.15, -0.1) is 11.3 Å². The van der Waals surface area contributed by atoms with Crippen molar-refractivity contribution < 1.29 is 0 Å². The predicted octanol–water partition coefficient (Wildman–Crippen LogP) is 7.66. The zero-order valence-corrected chi connectivity index (χ0v) is 16.3. The minimum absolute atomic E-state index is 0.686. The SMILES string of the molecule is Cc1ccc(C)cc1.Cc1ccc(Cl)cc1Cl.Cc1cccs1. The first-order valence-corrected chi connectivity index (χ1v) is 8.97. The van der Waals surface area contributed by atoms with Gasteiger partial charge < -0.3 is 0 Å². The molecular weight excluding hydrogens is 343 g/mol. The highest BCUT2D eigenvalue weighted by Gasteiger charge is 1.92. The van der Waals surface area contributed by atoms with Crippen molar-refractivity contribution in [2.75, 3.05) is 0 Å². The lowest BCUT2D eigenvalue weighted by molar-refractivity contribution is 1.40. The molecule has 0 aliphatic heterocycles. The second-order valence-electron chi connectivity index (χ2n) is 5.27. The monoisotopic (exact) mass is 364 g/mol. The molecule has 0 aliphatic rings. The molecule has 3 rings (SSSR count). The van der Waals surface area contributed by atoms with Crippen LogP contribution in [0.1, 0.15) is 21.6 Å². The van der Waals surface area contributed by atoms with Gasteiger partial charge in [-0.1, -0.05) is 70.7 Å². The van der Waals surface area contributed by atoms with Crippen LogP contribution in [0.5, 0.6) is 0 Å². The summed E-state index contributed by atoms with van der Waals surface area (Å²) in [4.78, 5) is 1.38. The first kappa shape index (κ1) is 19.8. The Kier molecular flexibility index (Phi) is 9.01. The molecule has 0 radical (unpaired) electrons. The minimum atomic E-state index is 0.686. The minimum Gasteiger partial charge on any atom is -0.149 e. The summed E-state index contributed by atoms with van der Waals surface area (Å²) >= 11 is 13.1. The zero-order valence-electron chi connectivity index (χ0n) is 13.9. The maximum Gasteiger partial charge on any atom is 0.0449 e. The van der Waals surface area contributed by atoms with E-state index < -0.39 is 0 Å². The third-order valence-electron chi connectivity index (χ3n) is 3.02. The van der Waals surface area contributed by atoms with Crippen LogP contribution in [-0.4, -0.2) is 0 Å². The van der Waals surface area contributed by atoms with Crippen LogP contribution in [-0.2, 0) is 0 Å². The lowest BCUT2D eigenvalue weighted by atomic mass is 10.2. The summed E-state index contributed by atoms with van der Waals surface area (Å²) in [6.45, 7) is 8.24. The van der Waals surface area contributed by atoms with Crippen molar-refractivity contribution >= 4 is 34.5 Å². The fraction of sp³-hybridized carbons (Fsp3) is 0.200. The summed E-state index contributed by atoms with van der Waals surface area (Å²) in [6, 6.07) is 18.1.